The van der Waals surface area contributed by atoms with Crippen LogP contribution in [0.25, 0.3) is 0 Å². The highest BCUT2D eigenvalue weighted by atomic mass is 16.5. The molecule has 18 heavy (non-hydrogen) atoms. The topological polar surface area (TPSA) is 21.3 Å². The third-order valence-corrected chi connectivity index (χ3v) is 4.03. The maximum Gasteiger partial charge on any atom is 0.122 e. The van der Waals surface area contributed by atoms with E-state index in [0.29, 0.717) is 5.54 Å². The quantitative estimate of drug-likeness (QED) is 0.859. The molecular weight excluding hydrogens is 222 g/mol. The molecule has 0 radical (unpaired) electrons. The fraction of sp³-hybridized carbons (Fsp3) is 0.625. The number of nitrogens with one attached hydrogen (secondary N) is 1. The van der Waals surface area contributed by atoms with E-state index in [1.165, 1.54) is 37.7 Å². The first-order chi connectivity index (χ1) is 8.79. The van der Waals surface area contributed by atoms with Gasteiger partial charge in [0.05, 0.1) is 7.11 Å². The summed E-state index contributed by atoms with van der Waals surface area (Å²) in [6.07, 6.45) is 7.54. The van der Waals surface area contributed by atoms with Crippen molar-refractivity contribution in [3.8, 4) is 5.75 Å². The Morgan fingerprint density at radius 3 is 2.78 bits per heavy atom. The summed E-state index contributed by atoms with van der Waals surface area (Å²) in [7, 11) is 1.76. The molecule has 0 amide bonds. The van der Waals surface area contributed by atoms with E-state index in [-0.39, 0.29) is 0 Å². The van der Waals surface area contributed by atoms with E-state index in [9.17, 15) is 0 Å². The fourth-order valence-electron chi connectivity index (χ4n) is 3.18. The monoisotopic (exact) mass is 247 g/mol. The van der Waals surface area contributed by atoms with Crippen LogP contribution in [0.4, 0.5) is 0 Å². The molecule has 2 rings (SSSR count). The molecule has 1 heterocycles. The molecule has 1 unspecified atom stereocenters. The van der Waals surface area contributed by atoms with Crippen LogP contribution in [-0.4, -0.2) is 19.2 Å². The Morgan fingerprint density at radius 2 is 2.11 bits per heavy atom. The second-order valence-electron chi connectivity index (χ2n) is 5.40. The molecule has 1 aromatic carbocycles. The molecule has 0 aliphatic carbocycles. The number of ether oxygens (including phenoxy) is 1. The van der Waals surface area contributed by atoms with Gasteiger partial charge in [0, 0.05) is 5.54 Å². The van der Waals surface area contributed by atoms with Crippen LogP contribution in [0.15, 0.2) is 24.3 Å². The van der Waals surface area contributed by atoms with Gasteiger partial charge in [0.2, 0.25) is 0 Å². The van der Waals surface area contributed by atoms with Gasteiger partial charge in [-0.3, -0.25) is 0 Å². The highest BCUT2D eigenvalue weighted by molar-refractivity contribution is 5.34. The van der Waals surface area contributed by atoms with Gasteiger partial charge < -0.3 is 10.1 Å². The summed E-state index contributed by atoms with van der Waals surface area (Å²) in [6.45, 7) is 3.44. The van der Waals surface area contributed by atoms with Crippen molar-refractivity contribution in [2.24, 2.45) is 0 Å². The number of hydrogen-bond donors (Lipinski definition) is 1. The predicted molar refractivity (Wildman–Crippen MR) is 76.2 cm³/mol. The summed E-state index contributed by atoms with van der Waals surface area (Å²) in [5, 5.41) is 3.78. The molecule has 0 saturated carbocycles. The summed E-state index contributed by atoms with van der Waals surface area (Å²) in [5.74, 6) is 1.03. The molecule has 0 aromatic heterocycles. The number of hydrogen-bond acceptors (Lipinski definition) is 2. The van der Waals surface area contributed by atoms with E-state index < -0.39 is 0 Å². The Kier molecular flexibility index (Phi) is 4.65. The van der Waals surface area contributed by atoms with Gasteiger partial charge in [-0.15, -0.1) is 0 Å². The predicted octanol–water partition coefficient (Wildman–Crippen LogP) is 3.55. The Labute approximate surface area is 111 Å². The molecule has 1 aliphatic heterocycles. The lowest BCUT2D eigenvalue weighted by atomic mass is 9.80. The molecule has 2 nitrogen and oxygen atoms in total. The second-order valence-corrected chi connectivity index (χ2v) is 5.40. The molecule has 100 valence electrons. The van der Waals surface area contributed by atoms with Gasteiger partial charge in [-0.05, 0) is 43.9 Å². The maximum absolute atomic E-state index is 5.48. The van der Waals surface area contributed by atoms with Crippen LogP contribution in [0, 0.1) is 0 Å². The van der Waals surface area contributed by atoms with E-state index in [2.05, 4.69) is 30.4 Å². The standard InChI is InChI=1S/C16H25NO/c1-3-10-16(11-6-7-12-17-16)13-14-8-4-5-9-15(14)18-2/h4-5,8-9,17H,3,6-7,10-13H2,1-2H3. The Morgan fingerprint density at radius 1 is 1.28 bits per heavy atom. The van der Waals surface area contributed by atoms with Gasteiger partial charge in [-0.25, -0.2) is 0 Å². The molecule has 2 heteroatoms. The SMILES string of the molecule is CCCC1(Cc2ccccc2OC)CCCCN1. The lowest BCUT2D eigenvalue weighted by molar-refractivity contribution is 0.231. The molecule has 0 spiro atoms. The molecule has 1 atom stereocenters. The first-order valence-corrected chi connectivity index (χ1v) is 7.16. The second kappa shape index (κ2) is 6.24. The van der Waals surface area contributed by atoms with E-state index >= 15 is 0 Å². The van der Waals surface area contributed by atoms with Crippen molar-refractivity contribution in [3.63, 3.8) is 0 Å². The summed E-state index contributed by atoms with van der Waals surface area (Å²) < 4.78 is 5.48. The van der Waals surface area contributed by atoms with Crippen molar-refractivity contribution in [3.05, 3.63) is 29.8 Å². The third-order valence-electron chi connectivity index (χ3n) is 4.03. The van der Waals surface area contributed by atoms with Gasteiger partial charge in [-0.1, -0.05) is 38.0 Å². The number of methoxy groups -OCH3 is 1. The molecule has 1 fully saturated rings. The van der Waals surface area contributed by atoms with Crippen LogP contribution in [0.2, 0.25) is 0 Å². The Hall–Kier alpha value is -1.02. The van der Waals surface area contributed by atoms with Crippen LogP contribution < -0.4 is 10.1 Å². The summed E-state index contributed by atoms with van der Waals surface area (Å²) in [6, 6.07) is 8.42. The van der Waals surface area contributed by atoms with Crippen LogP contribution in [-0.2, 0) is 6.42 Å². The third kappa shape index (κ3) is 3.05. The first kappa shape index (κ1) is 13.4. The lowest BCUT2D eigenvalue weighted by Gasteiger charge is -2.39. The highest BCUT2D eigenvalue weighted by Gasteiger charge is 2.31. The zero-order chi connectivity index (χ0) is 12.8. The van der Waals surface area contributed by atoms with Crippen molar-refractivity contribution < 1.29 is 4.74 Å². The lowest BCUT2D eigenvalue weighted by Crippen LogP contribution is -2.50. The fourth-order valence-corrected chi connectivity index (χ4v) is 3.18. The van der Waals surface area contributed by atoms with Crippen molar-refractivity contribution in [1.82, 2.24) is 5.32 Å². The van der Waals surface area contributed by atoms with E-state index in [1.54, 1.807) is 7.11 Å². The molecule has 0 bridgehead atoms. The minimum absolute atomic E-state index is 0.293. The van der Waals surface area contributed by atoms with Crippen LogP contribution in [0.5, 0.6) is 5.75 Å². The van der Waals surface area contributed by atoms with Gasteiger partial charge in [0.1, 0.15) is 5.75 Å². The van der Waals surface area contributed by atoms with Gasteiger partial charge in [0.25, 0.3) is 0 Å². The summed E-state index contributed by atoms with van der Waals surface area (Å²) >= 11 is 0. The van der Waals surface area contributed by atoms with Crippen LogP contribution in [0.3, 0.4) is 0 Å². The van der Waals surface area contributed by atoms with Gasteiger partial charge >= 0.3 is 0 Å². The number of piperidine rings is 1. The molecule has 1 N–H and O–H groups in total. The zero-order valence-electron chi connectivity index (χ0n) is 11.7. The molecule has 1 aliphatic rings. The average Bonchev–Trinajstić information content (AvgIpc) is 2.40. The first-order valence-electron chi connectivity index (χ1n) is 7.16. The summed E-state index contributed by atoms with van der Waals surface area (Å²) in [4.78, 5) is 0. The molecule has 1 saturated heterocycles. The Bertz CT molecular complexity index is 364. The van der Waals surface area contributed by atoms with Crippen molar-refractivity contribution in [1.29, 1.82) is 0 Å². The maximum atomic E-state index is 5.48. The van der Waals surface area contributed by atoms with Crippen molar-refractivity contribution >= 4 is 0 Å². The Balaban J connectivity index is 2.17. The van der Waals surface area contributed by atoms with Crippen LogP contribution >= 0.6 is 0 Å². The minimum atomic E-state index is 0.293. The summed E-state index contributed by atoms with van der Waals surface area (Å²) in [5.41, 5.74) is 1.63. The highest BCUT2D eigenvalue weighted by Crippen LogP contribution is 2.31. The molecule has 1 aromatic rings. The van der Waals surface area contributed by atoms with E-state index in [4.69, 9.17) is 4.74 Å². The normalized spacial score (nSPS) is 23.9. The van der Waals surface area contributed by atoms with E-state index in [1.807, 2.05) is 6.07 Å². The number of para-hydroxylation sites is 1. The average molecular weight is 247 g/mol. The minimum Gasteiger partial charge on any atom is -0.496 e. The van der Waals surface area contributed by atoms with Gasteiger partial charge in [-0.2, -0.15) is 0 Å². The largest absolute Gasteiger partial charge is 0.496 e. The molecular formula is C16H25NO. The van der Waals surface area contributed by atoms with E-state index in [0.717, 1.165) is 18.7 Å². The number of benzene rings is 1. The smallest absolute Gasteiger partial charge is 0.122 e. The van der Waals surface area contributed by atoms with Crippen molar-refractivity contribution in [2.45, 2.75) is 51.0 Å². The number of rotatable bonds is 5. The van der Waals surface area contributed by atoms with Crippen LogP contribution in [0.1, 0.15) is 44.6 Å². The van der Waals surface area contributed by atoms with Gasteiger partial charge in [0.15, 0.2) is 0 Å². The van der Waals surface area contributed by atoms with Crippen molar-refractivity contribution in [2.75, 3.05) is 13.7 Å². The zero-order valence-corrected chi connectivity index (χ0v) is 11.7.